The third-order valence-corrected chi connectivity index (χ3v) is 4.80. The summed E-state index contributed by atoms with van der Waals surface area (Å²) in [4.78, 5) is 12.6. The number of phenolic OH excluding ortho intramolecular Hbond substituents is 1. The number of rotatable bonds is 2. The molecular weight excluding hydrogens is 332 g/mol. The summed E-state index contributed by atoms with van der Waals surface area (Å²) in [7, 11) is 0. The Bertz CT molecular complexity index is 957. The molecule has 2 N–H and O–H groups in total. The van der Waals surface area contributed by atoms with Crippen LogP contribution in [-0.2, 0) is 15.1 Å². The van der Waals surface area contributed by atoms with Crippen LogP contribution in [0.2, 0.25) is 0 Å². The van der Waals surface area contributed by atoms with Crippen LogP contribution >= 0.6 is 0 Å². The number of carbonyl (C=O) groups is 1. The lowest BCUT2D eigenvalue weighted by molar-refractivity contribution is -0.145. The number of allylic oxidation sites excluding steroid dienone is 3. The van der Waals surface area contributed by atoms with E-state index in [0.717, 1.165) is 12.0 Å². The molecule has 0 fully saturated rings. The topological polar surface area (TPSA) is 76.0 Å². The summed E-state index contributed by atoms with van der Waals surface area (Å²) in [5, 5.41) is 19.6. The van der Waals surface area contributed by atoms with Gasteiger partial charge in [0.2, 0.25) is 0 Å². The summed E-state index contributed by atoms with van der Waals surface area (Å²) in [6.45, 7) is 5.40. The van der Waals surface area contributed by atoms with Crippen molar-refractivity contribution in [3.05, 3.63) is 82.9 Å². The lowest BCUT2D eigenvalue weighted by Gasteiger charge is -2.37. The summed E-state index contributed by atoms with van der Waals surface area (Å²) in [5.74, 6) is 0.384. The number of aliphatic hydroxyl groups is 1. The predicted molar refractivity (Wildman–Crippen MR) is 95.5 cm³/mol. The van der Waals surface area contributed by atoms with Gasteiger partial charge in [-0.2, -0.15) is 0 Å². The van der Waals surface area contributed by atoms with Crippen LogP contribution in [0.4, 0.5) is 0 Å². The smallest absolute Gasteiger partial charge is 0.336 e. The van der Waals surface area contributed by atoms with Crippen molar-refractivity contribution in [1.29, 1.82) is 0 Å². The molecule has 1 aromatic rings. The number of aliphatic hydroxyl groups excluding tert-OH is 1. The summed E-state index contributed by atoms with van der Waals surface area (Å²) >= 11 is 0. The molecule has 2 heterocycles. The van der Waals surface area contributed by atoms with Gasteiger partial charge in [0, 0.05) is 34.4 Å². The second kappa shape index (κ2) is 5.66. The Labute approximate surface area is 150 Å². The quantitative estimate of drug-likeness (QED) is 0.621. The average molecular weight is 350 g/mol. The minimum absolute atomic E-state index is 0.0303. The number of hydrogen-bond acceptors (Lipinski definition) is 5. The highest BCUT2D eigenvalue weighted by atomic mass is 16.6. The summed E-state index contributed by atoms with van der Waals surface area (Å²) in [5.41, 5.74) is 1.34. The van der Waals surface area contributed by atoms with E-state index in [9.17, 15) is 15.0 Å². The van der Waals surface area contributed by atoms with Crippen molar-refractivity contribution >= 4 is 5.97 Å². The first-order valence-electron chi connectivity index (χ1n) is 8.36. The predicted octanol–water partition coefficient (Wildman–Crippen LogP) is 4.09. The lowest BCUT2D eigenvalue weighted by Crippen LogP contribution is -2.35. The Hall–Kier alpha value is -3.21. The van der Waals surface area contributed by atoms with Crippen molar-refractivity contribution in [2.75, 3.05) is 0 Å². The van der Waals surface area contributed by atoms with E-state index in [0.29, 0.717) is 34.6 Å². The molecule has 5 heteroatoms. The van der Waals surface area contributed by atoms with E-state index in [4.69, 9.17) is 9.47 Å². The zero-order valence-corrected chi connectivity index (χ0v) is 14.3. The number of carbonyl (C=O) groups excluding carboxylic acids is 1. The van der Waals surface area contributed by atoms with Gasteiger partial charge in [0.05, 0.1) is 5.76 Å². The maximum atomic E-state index is 12.6. The van der Waals surface area contributed by atoms with Crippen molar-refractivity contribution in [1.82, 2.24) is 0 Å². The fourth-order valence-electron chi connectivity index (χ4n) is 3.78. The van der Waals surface area contributed by atoms with Crippen LogP contribution in [0.3, 0.4) is 0 Å². The molecule has 0 aromatic heterocycles. The zero-order valence-electron chi connectivity index (χ0n) is 14.3. The molecule has 3 aliphatic rings. The number of benzene rings is 1. The van der Waals surface area contributed by atoms with Gasteiger partial charge in [-0.25, -0.2) is 4.79 Å². The monoisotopic (exact) mass is 350 g/mol. The second-order valence-electron chi connectivity index (χ2n) is 6.45. The van der Waals surface area contributed by atoms with Crippen molar-refractivity contribution in [3.8, 4) is 11.5 Å². The molecule has 1 spiro atoms. The molecule has 1 atom stereocenters. The SMILES string of the molecule is C=CC1=C(/C=C(\C)O)Oc2cc(O)ccc2C12OC(=O)C1=C2C=CCC1. The van der Waals surface area contributed by atoms with Gasteiger partial charge in [-0.15, -0.1) is 0 Å². The second-order valence-corrected chi connectivity index (χ2v) is 6.45. The molecule has 0 amide bonds. The number of phenols is 1. The third kappa shape index (κ3) is 2.13. The summed E-state index contributed by atoms with van der Waals surface area (Å²) < 4.78 is 11.9. The molecular formula is C21H18O5. The van der Waals surface area contributed by atoms with E-state index in [1.807, 2.05) is 12.2 Å². The van der Waals surface area contributed by atoms with Gasteiger partial charge in [0.25, 0.3) is 0 Å². The Balaban J connectivity index is 2.08. The Morgan fingerprint density at radius 2 is 2.19 bits per heavy atom. The minimum Gasteiger partial charge on any atom is -0.512 e. The highest BCUT2D eigenvalue weighted by Gasteiger charge is 2.54. The molecule has 0 saturated heterocycles. The Kier molecular flexibility index (Phi) is 3.54. The van der Waals surface area contributed by atoms with Crippen molar-refractivity contribution < 1.29 is 24.5 Å². The lowest BCUT2D eigenvalue weighted by atomic mass is 9.75. The molecule has 132 valence electrons. The van der Waals surface area contributed by atoms with E-state index < -0.39 is 5.60 Å². The molecule has 0 saturated carbocycles. The van der Waals surface area contributed by atoms with E-state index in [1.54, 1.807) is 12.1 Å². The Morgan fingerprint density at radius 1 is 1.38 bits per heavy atom. The van der Waals surface area contributed by atoms with Crippen LogP contribution in [0.1, 0.15) is 25.3 Å². The molecule has 0 radical (unpaired) electrons. The normalized spacial score (nSPS) is 24.3. The molecule has 1 aromatic carbocycles. The van der Waals surface area contributed by atoms with Crippen LogP contribution < -0.4 is 4.74 Å². The van der Waals surface area contributed by atoms with Crippen LogP contribution in [0.15, 0.2) is 77.3 Å². The van der Waals surface area contributed by atoms with Crippen LogP contribution in [0.25, 0.3) is 0 Å². The minimum atomic E-state index is -1.20. The highest BCUT2D eigenvalue weighted by molar-refractivity contribution is 5.96. The van der Waals surface area contributed by atoms with E-state index in [2.05, 4.69) is 6.58 Å². The molecule has 0 bridgehead atoms. The van der Waals surface area contributed by atoms with Gasteiger partial charge in [-0.3, -0.25) is 0 Å². The fourth-order valence-corrected chi connectivity index (χ4v) is 3.78. The van der Waals surface area contributed by atoms with Gasteiger partial charge in [0.1, 0.15) is 17.3 Å². The van der Waals surface area contributed by atoms with Gasteiger partial charge in [-0.1, -0.05) is 24.8 Å². The van der Waals surface area contributed by atoms with E-state index in [1.165, 1.54) is 25.1 Å². The standard InChI is InChI=1S/C21H18O5/c1-3-15-18(10-12(2)22)25-19-11-13(23)8-9-17(19)21(15)16-7-5-4-6-14(16)20(24)26-21/h3,5,7-11,22-23H,1,4,6H2,2H3/b12-10+. The molecule has 4 rings (SSSR count). The molecule has 1 unspecified atom stereocenters. The molecule has 2 aliphatic heterocycles. The van der Waals surface area contributed by atoms with E-state index in [-0.39, 0.29) is 17.5 Å². The first kappa shape index (κ1) is 16.3. The number of hydrogen-bond donors (Lipinski definition) is 2. The number of fused-ring (bicyclic) bond motifs is 3. The Morgan fingerprint density at radius 3 is 2.92 bits per heavy atom. The van der Waals surface area contributed by atoms with Crippen LogP contribution in [0.5, 0.6) is 11.5 Å². The first-order chi connectivity index (χ1) is 12.5. The maximum absolute atomic E-state index is 12.6. The number of esters is 1. The molecule has 26 heavy (non-hydrogen) atoms. The highest BCUT2D eigenvalue weighted by Crippen LogP contribution is 2.56. The fraction of sp³-hybridized carbons (Fsp3) is 0.190. The van der Waals surface area contributed by atoms with Crippen molar-refractivity contribution in [2.24, 2.45) is 0 Å². The third-order valence-electron chi connectivity index (χ3n) is 4.80. The summed E-state index contributed by atoms with van der Waals surface area (Å²) in [6, 6.07) is 4.68. The van der Waals surface area contributed by atoms with Crippen LogP contribution in [0, 0.1) is 0 Å². The van der Waals surface area contributed by atoms with E-state index >= 15 is 0 Å². The molecule has 5 nitrogen and oxygen atoms in total. The van der Waals surface area contributed by atoms with Gasteiger partial charge >= 0.3 is 5.97 Å². The largest absolute Gasteiger partial charge is 0.512 e. The van der Waals surface area contributed by atoms with Crippen LogP contribution in [-0.4, -0.2) is 16.2 Å². The molecule has 1 aliphatic carbocycles. The zero-order chi connectivity index (χ0) is 18.5. The van der Waals surface area contributed by atoms with Gasteiger partial charge in [-0.05, 0) is 31.9 Å². The number of ether oxygens (including phenoxy) is 2. The summed E-state index contributed by atoms with van der Waals surface area (Å²) in [6.07, 6.45) is 8.32. The van der Waals surface area contributed by atoms with Crippen molar-refractivity contribution in [2.45, 2.75) is 25.4 Å². The van der Waals surface area contributed by atoms with Gasteiger partial charge < -0.3 is 19.7 Å². The number of aromatic hydroxyl groups is 1. The average Bonchev–Trinajstić information content (AvgIpc) is 2.88. The maximum Gasteiger partial charge on any atom is 0.336 e. The van der Waals surface area contributed by atoms with Gasteiger partial charge in [0.15, 0.2) is 5.60 Å². The first-order valence-corrected chi connectivity index (χ1v) is 8.36. The van der Waals surface area contributed by atoms with Crippen molar-refractivity contribution in [3.63, 3.8) is 0 Å².